The molecule has 5 heteroatoms. The van der Waals surface area contributed by atoms with Crippen LogP contribution in [0.4, 0.5) is 0 Å². The molecule has 2 rings (SSSR count). The van der Waals surface area contributed by atoms with Crippen molar-refractivity contribution in [3.8, 4) is 0 Å². The molecule has 1 heterocycles. The van der Waals surface area contributed by atoms with Gasteiger partial charge in [0, 0.05) is 36.1 Å². The van der Waals surface area contributed by atoms with Crippen LogP contribution in [-0.4, -0.2) is 28.5 Å². The van der Waals surface area contributed by atoms with Crippen molar-refractivity contribution in [3.63, 3.8) is 0 Å². The van der Waals surface area contributed by atoms with Crippen molar-refractivity contribution in [2.75, 3.05) is 13.6 Å². The lowest BCUT2D eigenvalue weighted by Crippen LogP contribution is -2.21. The lowest BCUT2D eigenvalue weighted by Gasteiger charge is -2.18. The summed E-state index contributed by atoms with van der Waals surface area (Å²) in [7, 11) is 2.08. The van der Waals surface area contributed by atoms with E-state index in [1.54, 1.807) is 0 Å². The van der Waals surface area contributed by atoms with Gasteiger partial charge in [0.25, 0.3) is 0 Å². The van der Waals surface area contributed by atoms with Gasteiger partial charge in [0.05, 0.1) is 0 Å². The Morgan fingerprint density at radius 1 is 1.29 bits per heavy atom. The molecule has 0 saturated carbocycles. The Kier molecular flexibility index (Phi) is 5.67. The minimum Gasteiger partial charge on any atom is -0.389 e. The zero-order valence-electron chi connectivity index (χ0n) is 11.9. The van der Waals surface area contributed by atoms with E-state index in [1.807, 2.05) is 42.7 Å². The number of thiocarbonyl (C=S) groups is 1. The summed E-state index contributed by atoms with van der Waals surface area (Å²) in [5.41, 5.74) is 8.77. The molecule has 0 fully saturated rings. The van der Waals surface area contributed by atoms with E-state index >= 15 is 0 Å². The molecule has 110 valence electrons. The van der Waals surface area contributed by atoms with E-state index in [4.69, 9.17) is 29.6 Å². The second-order valence-corrected chi connectivity index (χ2v) is 5.86. The molecule has 0 radical (unpaired) electrons. The first-order valence-corrected chi connectivity index (χ1v) is 7.50. The van der Waals surface area contributed by atoms with E-state index in [9.17, 15) is 0 Å². The number of nitrogens with zero attached hydrogens (tertiary/aromatic N) is 2. The standard InChI is InChI=1S/C16H18ClN3S/c1-20(9-6-12-4-7-19-8-5-12)11-14-3-2-13(16(18)21)10-15(14)17/h2-5,7-8,10H,6,9,11H2,1H3,(H2,18,21). The van der Waals surface area contributed by atoms with Gasteiger partial charge < -0.3 is 10.6 Å². The first kappa shape index (κ1) is 15.9. The molecule has 1 aromatic heterocycles. The second kappa shape index (κ2) is 7.50. The van der Waals surface area contributed by atoms with Crippen LogP contribution in [0.2, 0.25) is 5.02 Å². The first-order valence-electron chi connectivity index (χ1n) is 6.72. The monoisotopic (exact) mass is 319 g/mol. The number of nitrogens with two attached hydrogens (primary N) is 1. The Bertz CT molecular complexity index is 616. The quantitative estimate of drug-likeness (QED) is 0.831. The van der Waals surface area contributed by atoms with Crippen molar-refractivity contribution in [2.24, 2.45) is 5.73 Å². The Balaban J connectivity index is 1.93. The smallest absolute Gasteiger partial charge is 0.104 e. The number of likely N-dealkylation sites (N-methyl/N-ethyl adjacent to an activating group) is 1. The van der Waals surface area contributed by atoms with Crippen LogP contribution in [0, 0.1) is 0 Å². The maximum absolute atomic E-state index is 6.28. The van der Waals surface area contributed by atoms with Crippen LogP contribution in [0.5, 0.6) is 0 Å². The Hall–Kier alpha value is -1.49. The van der Waals surface area contributed by atoms with Crippen molar-refractivity contribution >= 4 is 28.8 Å². The van der Waals surface area contributed by atoms with E-state index in [-0.39, 0.29) is 0 Å². The number of rotatable bonds is 6. The second-order valence-electron chi connectivity index (χ2n) is 5.01. The third kappa shape index (κ3) is 4.77. The number of hydrogen-bond acceptors (Lipinski definition) is 3. The topological polar surface area (TPSA) is 42.2 Å². The van der Waals surface area contributed by atoms with Gasteiger partial charge in [-0.3, -0.25) is 4.98 Å². The van der Waals surface area contributed by atoms with Gasteiger partial charge in [-0.2, -0.15) is 0 Å². The van der Waals surface area contributed by atoms with Crippen LogP contribution < -0.4 is 5.73 Å². The fourth-order valence-electron chi connectivity index (χ4n) is 2.07. The zero-order valence-corrected chi connectivity index (χ0v) is 13.5. The summed E-state index contributed by atoms with van der Waals surface area (Å²) in [5, 5.41) is 0.705. The molecular formula is C16H18ClN3S. The van der Waals surface area contributed by atoms with Crippen LogP contribution in [0.15, 0.2) is 42.7 Å². The molecular weight excluding hydrogens is 302 g/mol. The average molecular weight is 320 g/mol. The van der Waals surface area contributed by atoms with Crippen LogP contribution in [0.1, 0.15) is 16.7 Å². The summed E-state index contributed by atoms with van der Waals surface area (Å²) in [6, 6.07) is 9.81. The molecule has 0 spiro atoms. The molecule has 0 unspecified atom stereocenters. The molecule has 0 amide bonds. The van der Waals surface area contributed by atoms with Gasteiger partial charge in [0.1, 0.15) is 4.99 Å². The van der Waals surface area contributed by atoms with Gasteiger partial charge in [-0.25, -0.2) is 0 Å². The summed E-state index contributed by atoms with van der Waals surface area (Å²) in [5.74, 6) is 0. The third-order valence-corrected chi connectivity index (χ3v) is 3.90. The highest BCUT2D eigenvalue weighted by Crippen LogP contribution is 2.19. The van der Waals surface area contributed by atoms with E-state index in [0.717, 1.165) is 30.6 Å². The maximum Gasteiger partial charge on any atom is 0.104 e. The van der Waals surface area contributed by atoms with Crippen molar-refractivity contribution in [3.05, 3.63) is 64.4 Å². The largest absolute Gasteiger partial charge is 0.389 e. The van der Waals surface area contributed by atoms with Crippen LogP contribution in [0.3, 0.4) is 0 Å². The fraction of sp³-hybridized carbons (Fsp3) is 0.250. The molecule has 0 aliphatic heterocycles. The van der Waals surface area contributed by atoms with Crippen LogP contribution >= 0.6 is 23.8 Å². The number of benzene rings is 1. The third-order valence-electron chi connectivity index (χ3n) is 3.31. The van der Waals surface area contributed by atoms with Crippen molar-refractivity contribution in [1.82, 2.24) is 9.88 Å². The highest BCUT2D eigenvalue weighted by atomic mass is 35.5. The number of halogens is 1. The van der Waals surface area contributed by atoms with E-state index in [0.29, 0.717) is 10.0 Å². The molecule has 0 saturated heterocycles. The molecule has 2 N–H and O–H groups in total. The Morgan fingerprint density at radius 2 is 2.00 bits per heavy atom. The SMILES string of the molecule is CN(CCc1ccncc1)Cc1ccc(C(N)=S)cc1Cl. The molecule has 1 aromatic carbocycles. The van der Waals surface area contributed by atoms with Gasteiger partial charge in [-0.1, -0.05) is 36.0 Å². The van der Waals surface area contributed by atoms with Crippen molar-refractivity contribution in [2.45, 2.75) is 13.0 Å². The van der Waals surface area contributed by atoms with E-state index in [2.05, 4.69) is 16.9 Å². The highest BCUT2D eigenvalue weighted by Gasteiger charge is 2.07. The van der Waals surface area contributed by atoms with Crippen LogP contribution in [-0.2, 0) is 13.0 Å². The number of hydrogen-bond donors (Lipinski definition) is 1. The van der Waals surface area contributed by atoms with E-state index in [1.165, 1.54) is 5.56 Å². The lowest BCUT2D eigenvalue weighted by atomic mass is 10.1. The number of aromatic nitrogens is 1. The summed E-state index contributed by atoms with van der Waals surface area (Å²) in [4.78, 5) is 6.63. The average Bonchev–Trinajstić information content (AvgIpc) is 2.48. The molecule has 3 nitrogen and oxygen atoms in total. The molecule has 21 heavy (non-hydrogen) atoms. The molecule has 0 bridgehead atoms. The van der Waals surface area contributed by atoms with Gasteiger partial charge in [-0.05, 0) is 42.8 Å². The molecule has 0 atom stereocenters. The normalized spacial score (nSPS) is 10.8. The summed E-state index contributed by atoms with van der Waals surface area (Å²) < 4.78 is 0. The van der Waals surface area contributed by atoms with Gasteiger partial charge >= 0.3 is 0 Å². The van der Waals surface area contributed by atoms with Crippen LogP contribution in [0.25, 0.3) is 0 Å². The fourth-order valence-corrected chi connectivity index (χ4v) is 2.44. The van der Waals surface area contributed by atoms with Crippen molar-refractivity contribution < 1.29 is 0 Å². The summed E-state index contributed by atoms with van der Waals surface area (Å²) in [6.45, 7) is 1.75. The summed E-state index contributed by atoms with van der Waals surface area (Å²) in [6.07, 6.45) is 4.63. The van der Waals surface area contributed by atoms with Gasteiger partial charge in [-0.15, -0.1) is 0 Å². The minimum atomic E-state index is 0.370. The summed E-state index contributed by atoms with van der Waals surface area (Å²) >= 11 is 11.2. The molecule has 0 aliphatic rings. The zero-order chi connectivity index (χ0) is 15.2. The number of pyridine rings is 1. The van der Waals surface area contributed by atoms with Gasteiger partial charge in [0.15, 0.2) is 0 Å². The molecule has 2 aromatic rings. The highest BCUT2D eigenvalue weighted by molar-refractivity contribution is 7.80. The van der Waals surface area contributed by atoms with Gasteiger partial charge in [0.2, 0.25) is 0 Å². The predicted molar refractivity (Wildman–Crippen MR) is 91.6 cm³/mol. The predicted octanol–water partition coefficient (Wildman–Crippen LogP) is 3.04. The molecule has 0 aliphatic carbocycles. The Morgan fingerprint density at radius 3 is 2.62 bits per heavy atom. The Labute approximate surface area is 135 Å². The van der Waals surface area contributed by atoms with Crippen molar-refractivity contribution in [1.29, 1.82) is 0 Å². The maximum atomic E-state index is 6.28. The minimum absolute atomic E-state index is 0.370. The van der Waals surface area contributed by atoms with E-state index < -0.39 is 0 Å². The lowest BCUT2D eigenvalue weighted by molar-refractivity contribution is 0.331. The first-order chi connectivity index (χ1) is 10.1.